The Morgan fingerprint density at radius 1 is 0.977 bits per heavy atom. The van der Waals surface area contributed by atoms with Crippen molar-refractivity contribution in [3.05, 3.63) is 69.3 Å². The van der Waals surface area contributed by atoms with Crippen molar-refractivity contribution >= 4 is 5.69 Å². The second kappa shape index (κ2) is 18.1. The van der Waals surface area contributed by atoms with E-state index < -0.39 is 11.2 Å². The van der Waals surface area contributed by atoms with Crippen LogP contribution in [-0.4, -0.2) is 96.8 Å². The summed E-state index contributed by atoms with van der Waals surface area (Å²) in [5.74, 6) is 0.850. The first kappa shape index (κ1) is 33.9. The van der Waals surface area contributed by atoms with E-state index in [0.29, 0.717) is 59.2 Å². The van der Waals surface area contributed by atoms with Crippen molar-refractivity contribution in [2.75, 3.05) is 78.3 Å². The maximum atomic E-state index is 10.7. The zero-order chi connectivity index (χ0) is 31.1. The quantitative estimate of drug-likeness (QED) is 0.141. The third-order valence-electron chi connectivity index (χ3n) is 7.90. The summed E-state index contributed by atoms with van der Waals surface area (Å²) in [6.07, 6.45) is 0.462. The van der Waals surface area contributed by atoms with E-state index in [9.17, 15) is 10.1 Å². The van der Waals surface area contributed by atoms with Crippen LogP contribution in [0, 0.1) is 10.1 Å². The lowest BCUT2D eigenvalue weighted by Gasteiger charge is -2.39. The molecule has 4 rings (SSSR count). The molecule has 2 aliphatic heterocycles. The zero-order valence-electron chi connectivity index (χ0n) is 26.1. The fourth-order valence-corrected chi connectivity index (χ4v) is 5.61. The van der Waals surface area contributed by atoms with Gasteiger partial charge < -0.3 is 43.5 Å². The van der Waals surface area contributed by atoms with E-state index in [1.54, 1.807) is 21.1 Å². The van der Waals surface area contributed by atoms with E-state index in [2.05, 4.69) is 51.5 Å². The SMILES string of the molecule is COCCCN1CCOc2ccc(CO[C@H]3CNC[C@@H](OCCC(C)O[N+](=O)[O-])[C@@H]3c3ccc(COCCOC)cc3)cc21. The normalized spacial score (nSPS) is 20.5. The fraction of sp³-hybridized carbons (Fsp3) is 0.625. The van der Waals surface area contributed by atoms with Gasteiger partial charge in [-0.15, -0.1) is 10.1 Å². The number of piperidine rings is 1. The van der Waals surface area contributed by atoms with Crippen molar-refractivity contribution in [2.45, 2.75) is 57.2 Å². The predicted molar refractivity (Wildman–Crippen MR) is 165 cm³/mol. The molecule has 2 heterocycles. The average Bonchev–Trinajstić information content (AvgIpc) is 3.02. The van der Waals surface area contributed by atoms with Gasteiger partial charge in [0.25, 0.3) is 5.09 Å². The maximum absolute atomic E-state index is 10.7. The number of anilines is 1. The van der Waals surface area contributed by atoms with Crippen molar-refractivity contribution in [1.82, 2.24) is 5.32 Å². The molecule has 2 aromatic rings. The van der Waals surface area contributed by atoms with Crippen LogP contribution in [0.3, 0.4) is 0 Å². The molecule has 1 fully saturated rings. The van der Waals surface area contributed by atoms with Gasteiger partial charge in [0.15, 0.2) is 0 Å². The monoisotopic (exact) mass is 617 g/mol. The first-order valence-electron chi connectivity index (χ1n) is 15.4. The fourth-order valence-electron chi connectivity index (χ4n) is 5.61. The van der Waals surface area contributed by atoms with Gasteiger partial charge in [0.05, 0.1) is 50.9 Å². The molecule has 0 aliphatic carbocycles. The molecule has 1 saturated heterocycles. The highest BCUT2D eigenvalue weighted by molar-refractivity contribution is 5.61. The molecule has 1 unspecified atom stereocenters. The molecule has 4 atom stereocenters. The third kappa shape index (κ3) is 10.3. The number of ether oxygens (including phenoxy) is 6. The number of nitrogens with one attached hydrogen (secondary N) is 1. The van der Waals surface area contributed by atoms with Gasteiger partial charge in [0.1, 0.15) is 18.5 Å². The molecule has 12 heteroatoms. The lowest BCUT2D eigenvalue weighted by atomic mass is 9.85. The first-order chi connectivity index (χ1) is 21.5. The predicted octanol–water partition coefficient (Wildman–Crippen LogP) is 3.73. The van der Waals surface area contributed by atoms with Crippen LogP contribution in [0.2, 0.25) is 0 Å². The number of hydrogen-bond donors (Lipinski definition) is 1. The zero-order valence-corrected chi connectivity index (χ0v) is 26.1. The lowest BCUT2D eigenvalue weighted by Crippen LogP contribution is -2.50. The van der Waals surface area contributed by atoms with Crippen LogP contribution in [0.25, 0.3) is 0 Å². The third-order valence-corrected chi connectivity index (χ3v) is 7.90. The summed E-state index contributed by atoms with van der Waals surface area (Å²) in [5, 5.41) is 13.4. The number of hydrogen-bond acceptors (Lipinski definition) is 11. The van der Waals surface area contributed by atoms with E-state index in [1.165, 1.54) is 0 Å². The molecule has 2 aromatic carbocycles. The number of nitrogens with zero attached hydrogens (tertiary/aromatic N) is 2. The van der Waals surface area contributed by atoms with Gasteiger partial charge in [0.2, 0.25) is 0 Å². The Kier molecular flexibility index (Phi) is 13.9. The van der Waals surface area contributed by atoms with Gasteiger partial charge in [-0.1, -0.05) is 30.3 Å². The molecule has 12 nitrogen and oxygen atoms in total. The molecule has 44 heavy (non-hydrogen) atoms. The summed E-state index contributed by atoms with van der Waals surface area (Å²) in [7, 11) is 3.38. The second-order valence-electron chi connectivity index (χ2n) is 11.1. The Balaban J connectivity index is 1.45. The molecular formula is C32H47N3O9. The Hall–Kier alpha value is -3.00. The van der Waals surface area contributed by atoms with Crippen molar-refractivity contribution in [3.63, 3.8) is 0 Å². The standard InChI is InChI=1S/C32H47N3O9/c1-24(44-35(36)37)11-15-41-30-20-33-21-31(32(30)27-8-5-25(6-9-27)22-40-18-17-39-3)43-23-26-7-10-29-28(19-26)34(13-16-42-29)12-4-14-38-2/h5-10,19,24,30-33H,4,11-18,20-23H2,1-3H3/t24?,30-,31+,32+/m1/s1. The second-order valence-corrected chi connectivity index (χ2v) is 11.1. The summed E-state index contributed by atoms with van der Waals surface area (Å²) in [5.41, 5.74) is 4.34. The Morgan fingerprint density at radius 2 is 1.73 bits per heavy atom. The van der Waals surface area contributed by atoms with Gasteiger partial charge in [-0.05, 0) is 48.6 Å². The van der Waals surface area contributed by atoms with Crippen molar-refractivity contribution in [1.29, 1.82) is 0 Å². The van der Waals surface area contributed by atoms with Crippen molar-refractivity contribution in [2.24, 2.45) is 0 Å². The molecule has 0 aromatic heterocycles. The highest BCUT2D eigenvalue weighted by Gasteiger charge is 2.36. The van der Waals surface area contributed by atoms with Gasteiger partial charge in [-0.3, -0.25) is 0 Å². The largest absolute Gasteiger partial charge is 0.490 e. The summed E-state index contributed by atoms with van der Waals surface area (Å²) >= 11 is 0. The van der Waals surface area contributed by atoms with Crippen LogP contribution in [0.5, 0.6) is 5.75 Å². The van der Waals surface area contributed by atoms with E-state index in [4.69, 9.17) is 28.4 Å². The summed E-state index contributed by atoms with van der Waals surface area (Å²) in [6.45, 7) is 8.49. The first-order valence-corrected chi connectivity index (χ1v) is 15.4. The van der Waals surface area contributed by atoms with Gasteiger partial charge >= 0.3 is 0 Å². The molecule has 0 radical (unpaired) electrons. The van der Waals surface area contributed by atoms with Crippen LogP contribution in [0.4, 0.5) is 5.69 Å². The number of benzene rings is 2. The molecule has 2 aliphatic rings. The molecule has 0 spiro atoms. The summed E-state index contributed by atoms with van der Waals surface area (Å²) in [6, 6.07) is 14.6. The molecule has 0 amide bonds. The topological polar surface area (TPSA) is 123 Å². The Labute approximate surface area is 259 Å². The summed E-state index contributed by atoms with van der Waals surface area (Å²) in [4.78, 5) is 17.7. The van der Waals surface area contributed by atoms with Crippen LogP contribution in [0.15, 0.2) is 42.5 Å². The van der Waals surface area contributed by atoms with E-state index in [-0.39, 0.29) is 18.1 Å². The van der Waals surface area contributed by atoms with Crippen LogP contribution in [0.1, 0.15) is 42.4 Å². The van der Waals surface area contributed by atoms with E-state index in [1.807, 2.05) is 6.07 Å². The number of fused-ring (bicyclic) bond motifs is 1. The van der Waals surface area contributed by atoms with E-state index >= 15 is 0 Å². The van der Waals surface area contributed by atoms with Crippen LogP contribution >= 0.6 is 0 Å². The highest BCUT2D eigenvalue weighted by Crippen LogP contribution is 2.35. The number of methoxy groups -OCH3 is 2. The number of rotatable bonds is 19. The lowest BCUT2D eigenvalue weighted by molar-refractivity contribution is -0.767. The maximum Gasteiger partial charge on any atom is 0.294 e. The van der Waals surface area contributed by atoms with E-state index in [0.717, 1.165) is 54.2 Å². The van der Waals surface area contributed by atoms with Crippen molar-refractivity contribution < 1.29 is 38.3 Å². The molecule has 1 N–H and O–H groups in total. The minimum Gasteiger partial charge on any atom is -0.490 e. The Morgan fingerprint density at radius 3 is 2.48 bits per heavy atom. The van der Waals surface area contributed by atoms with Crippen molar-refractivity contribution in [3.8, 4) is 5.75 Å². The molecule has 0 saturated carbocycles. The molecule has 244 valence electrons. The summed E-state index contributed by atoms with van der Waals surface area (Å²) < 4.78 is 34.9. The molecule has 0 bridgehead atoms. The smallest absolute Gasteiger partial charge is 0.294 e. The van der Waals surface area contributed by atoms with Gasteiger partial charge in [-0.2, -0.15) is 0 Å². The minimum atomic E-state index is -0.758. The average molecular weight is 618 g/mol. The van der Waals surface area contributed by atoms with Crippen LogP contribution < -0.4 is 15.0 Å². The van der Waals surface area contributed by atoms with Gasteiger partial charge in [0, 0.05) is 53.0 Å². The van der Waals surface area contributed by atoms with Crippen LogP contribution in [-0.2, 0) is 41.7 Å². The highest BCUT2D eigenvalue weighted by atomic mass is 17.0. The Bertz CT molecular complexity index is 1140. The van der Waals surface area contributed by atoms with Gasteiger partial charge in [-0.25, -0.2) is 0 Å². The molecular weight excluding hydrogens is 570 g/mol. The minimum absolute atomic E-state index is 0.0436.